The maximum absolute atomic E-state index is 5.64. The molecule has 3 nitrogen and oxygen atoms in total. The molecule has 0 radical (unpaired) electrons. The summed E-state index contributed by atoms with van der Waals surface area (Å²) in [7, 11) is 0. The molecule has 18 heavy (non-hydrogen) atoms. The van der Waals surface area contributed by atoms with Crippen molar-refractivity contribution in [2.75, 3.05) is 0 Å². The minimum Gasteiger partial charge on any atom is -0.271 e. The highest BCUT2D eigenvalue weighted by atomic mass is 79.9. The Morgan fingerprint density at radius 1 is 1.28 bits per heavy atom. The number of benzene rings is 1. The lowest BCUT2D eigenvalue weighted by molar-refractivity contribution is 0.537. The van der Waals surface area contributed by atoms with Crippen molar-refractivity contribution in [3.63, 3.8) is 0 Å². The summed E-state index contributed by atoms with van der Waals surface area (Å²) in [4.78, 5) is 4.39. The lowest BCUT2D eigenvalue weighted by atomic mass is 9.99. The zero-order chi connectivity index (χ0) is 13.0. The van der Waals surface area contributed by atoms with Gasteiger partial charge in [0.05, 0.1) is 11.7 Å². The van der Waals surface area contributed by atoms with Crippen LogP contribution in [0.15, 0.2) is 47.1 Å². The third kappa shape index (κ3) is 3.16. The van der Waals surface area contributed by atoms with Gasteiger partial charge in [0.25, 0.3) is 0 Å². The van der Waals surface area contributed by atoms with Gasteiger partial charge in [0.2, 0.25) is 0 Å². The number of hydrogen-bond donors (Lipinski definition) is 2. The van der Waals surface area contributed by atoms with Crippen molar-refractivity contribution in [1.29, 1.82) is 0 Å². The lowest BCUT2D eigenvalue weighted by Gasteiger charge is -2.16. The van der Waals surface area contributed by atoms with Gasteiger partial charge in [0.1, 0.15) is 0 Å². The SMILES string of the molecule is Cc1ccccc1CC(NN)c1ccc(Br)cn1. The average Bonchev–Trinajstić information content (AvgIpc) is 2.39. The van der Waals surface area contributed by atoms with Crippen LogP contribution in [0.25, 0.3) is 0 Å². The molecule has 4 heteroatoms. The molecule has 94 valence electrons. The standard InChI is InChI=1S/C14H16BrN3/c1-10-4-2-3-5-11(10)8-14(18-16)13-7-6-12(15)9-17-13/h2-7,9,14,18H,8,16H2,1H3. The summed E-state index contributed by atoms with van der Waals surface area (Å²) in [6, 6.07) is 12.3. The fraction of sp³-hybridized carbons (Fsp3) is 0.214. The van der Waals surface area contributed by atoms with Gasteiger partial charge in [0.15, 0.2) is 0 Å². The van der Waals surface area contributed by atoms with Crippen LogP contribution in [0.1, 0.15) is 22.9 Å². The predicted molar refractivity (Wildman–Crippen MR) is 76.9 cm³/mol. The largest absolute Gasteiger partial charge is 0.271 e. The minimum atomic E-state index is 0.0270. The number of hydrogen-bond acceptors (Lipinski definition) is 3. The van der Waals surface area contributed by atoms with E-state index in [-0.39, 0.29) is 6.04 Å². The molecule has 0 aliphatic carbocycles. The first-order valence-corrected chi connectivity index (χ1v) is 6.62. The molecule has 0 saturated heterocycles. The Morgan fingerprint density at radius 2 is 2.06 bits per heavy atom. The molecular formula is C14H16BrN3. The van der Waals surface area contributed by atoms with E-state index in [9.17, 15) is 0 Å². The molecule has 0 saturated carbocycles. The van der Waals surface area contributed by atoms with E-state index >= 15 is 0 Å². The third-order valence-corrected chi connectivity index (χ3v) is 3.46. The van der Waals surface area contributed by atoms with Crippen molar-refractivity contribution in [3.05, 3.63) is 63.9 Å². The topological polar surface area (TPSA) is 50.9 Å². The van der Waals surface area contributed by atoms with Gasteiger partial charge >= 0.3 is 0 Å². The Labute approximate surface area is 116 Å². The highest BCUT2D eigenvalue weighted by molar-refractivity contribution is 9.10. The number of hydrazine groups is 1. The van der Waals surface area contributed by atoms with Gasteiger partial charge in [-0.25, -0.2) is 0 Å². The van der Waals surface area contributed by atoms with Crippen LogP contribution in [-0.2, 0) is 6.42 Å². The Morgan fingerprint density at radius 3 is 2.67 bits per heavy atom. The predicted octanol–water partition coefficient (Wildman–Crippen LogP) is 2.90. The summed E-state index contributed by atoms with van der Waals surface area (Å²) < 4.78 is 0.970. The normalized spacial score (nSPS) is 12.4. The second-order valence-corrected chi connectivity index (χ2v) is 5.17. The van der Waals surface area contributed by atoms with Crippen LogP contribution in [0.3, 0.4) is 0 Å². The fourth-order valence-electron chi connectivity index (χ4n) is 1.90. The zero-order valence-corrected chi connectivity index (χ0v) is 11.8. The molecule has 1 heterocycles. The van der Waals surface area contributed by atoms with Gasteiger partial charge < -0.3 is 0 Å². The maximum Gasteiger partial charge on any atom is 0.0672 e. The van der Waals surface area contributed by atoms with Crippen LogP contribution in [0.2, 0.25) is 0 Å². The summed E-state index contributed by atoms with van der Waals surface area (Å²) >= 11 is 3.38. The average molecular weight is 306 g/mol. The number of rotatable bonds is 4. The third-order valence-electron chi connectivity index (χ3n) is 2.99. The second kappa shape index (κ2) is 6.09. The van der Waals surface area contributed by atoms with Crippen molar-refractivity contribution in [2.45, 2.75) is 19.4 Å². The van der Waals surface area contributed by atoms with Crippen LogP contribution in [0.5, 0.6) is 0 Å². The number of pyridine rings is 1. The highest BCUT2D eigenvalue weighted by Crippen LogP contribution is 2.19. The molecule has 1 aromatic heterocycles. The number of aryl methyl sites for hydroxylation is 1. The fourth-order valence-corrected chi connectivity index (χ4v) is 2.14. The van der Waals surface area contributed by atoms with E-state index in [1.54, 1.807) is 6.20 Å². The van der Waals surface area contributed by atoms with Gasteiger partial charge in [-0.2, -0.15) is 0 Å². The van der Waals surface area contributed by atoms with Crippen molar-refractivity contribution in [1.82, 2.24) is 10.4 Å². The quantitative estimate of drug-likeness (QED) is 0.674. The van der Waals surface area contributed by atoms with Crippen LogP contribution >= 0.6 is 15.9 Å². The molecule has 2 aromatic rings. The first-order chi connectivity index (χ1) is 8.70. The first-order valence-electron chi connectivity index (χ1n) is 5.83. The van der Waals surface area contributed by atoms with Crippen LogP contribution < -0.4 is 11.3 Å². The van der Waals surface area contributed by atoms with E-state index in [1.807, 2.05) is 24.3 Å². The van der Waals surface area contributed by atoms with E-state index in [0.29, 0.717) is 0 Å². The number of nitrogens with zero attached hydrogens (tertiary/aromatic N) is 1. The number of aromatic nitrogens is 1. The highest BCUT2D eigenvalue weighted by Gasteiger charge is 2.12. The molecule has 1 unspecified atom stereocenters. The maximum atomic E-state index is 5.64. The Hall–Kier alpha value is -1.23. The molecule has 0 spiro atoms. The lowest BCUT2D eigenvalue weighted by Crippen LogP contribution is -2.30. The molecule has 3 N–H and O–H groups in total. The van der Waals surface area contributed by atoms with Crippen molar-refractivity contribution in [2.24, 2.45) is 5.84 Å². The van der Waals surface area contributed by atoms with E-state index in [1.165, 1.54) is 11.1 Å². The van der Waals surface area contributed by atoms with Gasteiger partial charge in [-0.15, -0.1) is 0 Å². The van der Waals surface area contributed by atoms with Gasteiger partial charge in [-0.05, 0) is 52.5 Å². The zero-order valence-electron chi connectivity index (χ0n) is 10.2. The van der Waals surface area contributed by atoms with Crippen molar-refractivity contribution < 1.29 is 0 Å². The van der Waals surface area contributed by atoms with Crippen molar-refractivity contribution >= 4 is 15.9 Å². The number of halogens is 1. The first kappa shape index (κ1) is 13.2. The summed E-state index contributed by atoms with van der Waals surface area (Å²) in [6.45, 7) is 2.11. The number of nitrogens with one attached hydrogen (secondary N) is 1. The number of nitrogens with two attached hydrogens (primary N) is 1. The summed E-state index contributed by atoms with van der Waals surface area (Å²) in [5.41, 5.74) is 6.34. The summed E-state index contributed by atoms with van der Waals surface area (Å²) in [5.74, 6) is 5.64. The van der Waals surface area contributed by atoms with E-state index in [2.05, 4.69) is 45.4 Å². The van der Waals surface area contributed by atoms with E-state index < -0.39 is 0 Å². The minimum absolute atomic E-state index is 0.0270. The molecule has 0 aliphatic heterocycles. The molecule has 1 atom stereocenters. The molecule has 0 amide bonds. The monoisotopic (exact) mass is 305 g/mol. The summed E-state index contributed by atoms with van der Waals surface area (Å²) in [5, 5.41) is 0. The Bertz CT molecular complexity index is 511. The van der Waals surface area contributed by atoms with Gasteiger partial charge in [-0.1, -0.05) is 24.3 Å². The Balaban J connectivity index is 2.20. The van der Waals surface area contributed by atoms with Crippen molar-refractivity contribution in [3.8, 4) is 0 Å². The van der Waals surface area contributed by atoms with E-state index in [0.717, 1.165) is 16.6 Å². The molecule has 0 aliphatic rings. The van der Waals surface area contributed by atoms with E-state index in [4.69, 9.17) is 5.84 Å². The molecular weight excluding hydrogens is 290 g/mol. The second-order valence-electron chi connectivity index (χ2n) is 4.25. The van der Waals surface area contributed by atoms with Crippen LogP contribution in [0.4, 0.5) is 0 Å². The van der Waals surface area contributed by atoms with Crippen LogP contribution in [0, 0.1) is 6.92 Å². The smallest absolute Gasteiger partial charge is 0.0672 e. The van der Waals surface area contributed by atoms with Gasteiger partial charge in [0, 0.05) is 10.7 Å². The molecule has 0 bridgehead atoms. The molecule has 1 aromatic carbocycles. The molecule has 2 rings (SSSR count). The Kier molecular flexibility index (Phi) is 4.47. The van der Waals surface area contributed by atoms with Crippen LogP contribution in [-0.4, -0.2) is 4.98 Å². The summed E-state index contributed by atoms with van der Waals surface area (Å²) in [6.07, 6.45) is 2.62. The molecule has 0 fully saturated rings. The van der Waals surface area contributed by atoms with Gasteiger partial charge in [-0.3, -0.25) is 16.3 Å².